The summed E-state index contributed by atoms with van der Waals surface area (Å²) >= 11 is 0. The molecule has 0 spiro atoms. The first kappa shape index (κ1) is 20.8. The minimum Gasteiger partial charge on any atom is -0.383 e. The molecule has 1 aromatic carbocycles. The number of carbonyl (C=O) groups is 1. The van der Waals surface area contributed by atoms with E-state index in [4.69, 9.17) is 4.74 Å². The van der Waals surface area contributed by atoms with E-state index < -0.39 is 10.0 Å². The number of hydrogen-bond acceptors (Lipinski definition) is 5. The number of rotatable bonds is 9. The van der Waals surface area contributed by atoms with Crippen LogP contribution in [0, 0.1) is 0 Å². The summed E-state index contributed by atoms with van der Waals surface area (Å²) in [5, 5.41) is 3.02. The highest BCUT2D eigenvalue weighted by Crippen LogP contribution is 2.18. The van der Waals surface area contributed by atoms with E-state index in [0.717, 1.165) is 18.4 Å². The maximum Gasteiger partial charge on any atom is 0.243 e. The van der Waals surface area contributed by atoms with E-state index in [1.807, 2.05) is 12.1 Å². The molecule has 0 bridgehead atoms. The van der Waals surface area contributed by atoms with Crippen molar-refractivity contribution < 1.29 is 17.9 Å². The molecular formula is C18H29N3O4S. The summed E-state index contributed by atoms with van der Waals surface area (Å²) < 4.78 is 31.9. The number of hydrogen-bond donors (Lipinski definition) is 1. The molecule has 0 unspecified atom stereocenters. The van der Waals surface area contributed by atoms with Gasteiger partial charge < -0.3 is 15.0 Å². The lowest BCUT2D eigenvalue weighted by molar-refractivity contribution is -0.131. The van der Waals surface area contributed by atoms with E-state index in [2.05, 4.69) is 12.2 Å². The number of benzene rings is 1. The van der Waals surface area contributed by atoms with Crippen molar-refractivity contribution in [2.45, 2.75) is 24.7 Å². The van der Waals surface area contributed by atoms with Crippen LogP contribution in [0.25, 0.3) is 0 Å². The number of ether oxygens (including phenoxy) is 1. The number of carbonyl (C=O) groups excluding carboxylic acids is 1. The lowest BCUT2D eigenvalue weighted by Gasteiger charge is -2.34. The van der Waals surface area contributed by atoms with Crippen LogP contribution in [-0.2, 0) is 26.0 Å². The molecule has 0 radical (unpaired) electrons. The first-order valence-electron chi connectivity index (χ1n) is 9.05. The number of nitrogens with one attached hydrogen (secondary N) is 1. The summed E-state index contributed by atoms with van der Waals surface area (Å²) in [5.74, 6) is -0.0120. The molecule has 146 valence electrons. The number of sulfonamides is 1. The van der Waals surface area contributed by atoms with Gasteiger partial charge in [0.2, 0.25) is 15.9 Å². The third kappa shape index (κ3) is 5.51. The highest BCUT2D eigenvalue weighted by molar-refractivity contribution is 7.89. The number of piperazine rings is 1. The van der Waals surface area contributed by atoms with Gasteiger partial charge in [0, 0.05) is 39.8 Å². The Bertz CT molecular complexity index is 668. The molecule has 1 fully saturated rings. The molecule has 1 aliphatic heterocycles. The van der Waals surface area contributed by atoms with Gasteiger partial charge >= 0.3 is 0 Å². The van der Waals surface area contributed by atoms with Gasteiger partial charge in [0.25, 0.3) is 0 Å². The Morgan fingerprint density at radius 3 is 2.38 bits per heavy atom. The zero-order valence-electron chi connectivity index (χ0n) is 15.6. The Morgan fingerprint density at radius 2 is 1.81 bits per heavy atom. The fourth-order valence-electron chi connectivity index (χ4n) is 2.93. The lowest BCUT2D eigenvalue weighted by Crippen LogP contribution is -2.52. The van der Waals surface area contributed by atoms with Crippen molar-refractivity contribution in [2.75, 3.05) is 53.0 Å². The Kier molecular flexibility index (Phi) is 8.02. The number of amides is 1. The third-order valence-corrected chi connectivity index (χ3v) is 6.36. The molecule has 1 amide bonds. The number of methoxy groups -OCH3 is 1. The van der Waals surface area contributed by atoms with Crippen LogP contribution in [0.15, 0.2) is 29.2 Å². The van der Waals surface area contributed by atoms with Gasteiger partial charge in [-0.1, -0.05) is 25.5 Å². The molecule has 26 heavy (non-hydrogen) atoms. The molecule has 0 saturated carbocycles. The monoisotopic (exact) mass is 383 g/mol. The molecule has 8 heteroatoms. The largest absolute Gasteiger partial charge is 0.383 e. The molecule has 1 saturated heterocycles. The molecule has 2 rings (SSSR count). The smallest absolute Gasteiger partial charge is 0.243 e. The molecule has 1 heterocycles. The molecule has 1 aliphatic rings. The first-order valence-corrected chi connectivity index (χ1v) is 10.5. The Hall–Kier alpha value is -1.48. The zero-order valence-corrected chi connectivity index (χ0v) is 16.4. The summed E-state index contributed by atoms with van der Waals surface area (Å²) in [6.45, 7) is 4.98. The summed E-state index contributed by atoms with van der Waals surface area (Å²) in [6.07, 6.45) is 1.97. The standard InChI is InChI=1S/C18H29N3O4S/c1-3-4-16-5-7-17(8-6-16)26(23,24)21-12-10-20(11-13-21)18(22)15-19-9-14-25-2/h5-8,19H,3-4,9-15H2,1-2H3. The molecular weight excluding hydrogens is 354 g/mol. The third-order valence-electron chi connectivity index (χ3n) is 4.45. The molecule has 0 atom stereocenters. The SMILES string of the molecule is CCCc1ccc(S(=O)(=O)N2CCN(C(=O)CNCCOC)CC2)cc1. The van der Waals surface area contributed by atoms with E-state index in [0.29, 0.717) is 44.2 Å². The van der Waals surface area contributed by atoms with Gasteiger partial charge in [-0.05, 0) is 24.1 Å². The summed E-state index contributed by atoms with van der Waals surface area (Å²) in [6, 6.07) is 7.11. The first-order chi connectivity index (χ1) is 12.5. The van der Waals surface area contributed by atoms with Crippen LogP contribution in [0.3, 0.4) is 0 Å². The second-order valence-electron chi connectivity index (χ2n) is 6.35. The highest BCUT2D eigenvalue weighted by atomic mass is 32.2. The van der Waals surface area contributed by atoms with Crippen LogP contribution in [0.4, 0.5) is 0 Å². The number of nitrogens with zero attached hydrogens (tertiary/aromatic N) is 2. The van der Waals surface area contributed by atoms with Gasteiger partial charge in [0.1, 0.15) is 0 Å². The van der Waals surface area contributed by atoms with Crippen molar-refractivity contribution in [2.24, 2.45) is 0 Å². The van der Waals surface area contributed by atoms with Crippen molar-refractivity contribution in [3.8, 4) is 0 Å². The van der Waals surface area contributed by atoms with Crippen molar-refractivity contribution in [3.05, 3.63) is 29.8 Å². The Morgan fingerprint density at radius 1 is 1.15 bits per heavy atom. The van der Waals surface area contributed by atoms with Crippen molar-refractivity contribution in [3.63, 3.8) is 0 Å². The Balaban J connectivity index is 1.88. The van der Waals surface area contributed by atoms with E-state index in [-0.39, 0.29) is 12.5 Å². The number of aryl methyl sites for hydroxylation is 1. The molecule has 1 aromatic rings. The van der Waals surface area contributed by atoms with Crippen LogP contribution in [-0.4, -0.2) is 76.5 Å². The molecule has 7 nitrogen and oxygen atoms in total. The van der Waals surface area contributed by atoms with Crippen LogP contribution >= 0.6 is 0 Å². The van der Waals surface area contributed by atoms with E-state index in [9.17, 15) is 13.2 Å². The fourth-order valence-corrected chi connectivity index (χ4v) is 4.35. The van der Waals surface area contributed by atoms with Gasteiger partial charge in [-0.2, -0.15) is 4.31 Å². The van der Waals surface area contributed by atoms with Crippen molar-refractivity contribution >= 4 is 15.9 Å². The normalized spacial score (nSPS) is 16.0. The molecule has 0 aliphatic carbocycles. The summed E-state index contributed by atoms with van der Waals surface area (Å²) in [5.41, 5.74) is 1.14. The average Bonchev–Trinajstić information content (AvgIpc) is 2.66. The van der Waals surface area contributed by atoms with Gasteiger partial charge in [-0.3, -0.25) is 4.79 Å². The topological polar surface area (TPSA) is 79.0 Å². The fraction of sp³-hybridized carbons (Fsp3) is 0.611. The van der Waals surface area contributed by atoms with Gasteiger partial charge in [0.15, 0.2) is 0 Å². The predicted octanol–water partition coefficient (Wildman–Crippen LogP) is 0.708. The van der Waals surface area contributed by atoms with Gasteiger partial charge in [0.05, 0.1) is 18.0 Å². The molecule has 1 N–H and O–H groups in total. The van der Waals surface area contributed by atoms with Crippen LogP contribution < -0.4 is 5.32 Å². The van der Waals surface area contributed by atoms with Crippen LogP contribution in [0.2, 0.25) is 0 Å². The summed E-state index contributed by atoms with van der Waals surface area (Å²) in [7, 11) is -1.89. The van der Waals surface area contributed by atoms with Crippen molar-refractivity contribution in [1.29, 1.82) is 0 Å². The highest BCUT2D eigenvalue weighted by Gasteiger charge is 2.29. The minimum atomic E-state index is -3.50. The van der Waals surface area contributed by atoms with Gasteiger partial charge in [-0.15, -0.1) is 0 Å². The van der Waals surface area contributed by atoms with E-state index in [1.165, 1.54) is 4.31 Å². The second-order valence-corrected chi connectivity index (χ2v) is 8.29. The predicted molar refractivity (Wildman–Crippen MR) is 101 cm³/mol. The summed E-state index contributed by atoms with van der Waals surface area (Å²) in [4.78, 5) is 14.2. The van der Waals surface area contributed by atoms with Crippen molar-refractivity contribution in [1.82, 2.24) is 14.5 Å². The van der Waals surface area contributed by atoms with Crippen LogP contribution in [0.1, 0.15) is 18.9 Å². The quantitative estimate of drug-likeness (QED) is 0.636. The minimum absolute atomic E-state index is 0.0120. The van der Waals surface area contributed by atoms with E-state index >= 15 is 0 Å². The zero-order chi connectivity index (χ0) is 19.0. The Labute approximate surface area is 156 Å². The van der Waals surface area contributed by atoms with Crippen LogP contribution in [0.5, 0.6) is 0 Å². The molecule has 0 aromatic heterocycles. The van der Waals surface area contributed by atoms with Gasteiger partial charge in [-0.25, -0.2) is 8.42 Å². The second kappa shape index (κ2) is 10.0. The lowest BCUT2D eigenvalue weighted by atomic mass is 10.1. The average molecular weight is 384 g/mol. The maximum atomic E-state index is 12.8. The van der Waals surface area contributed by atoms with E-state index in [1.54, 1.807) is 24.1 Å². The maximum absolute atomic E-state index is 12.8.